The minimum Gasteiger partial charge on any atom is -0.466 e. The standard InChI is InChI=1S/3C25H29N3O3/c1-2-31-25(30)21-17-12-13-18(14-17)22(21)26-24(29)23-19-10-6-7-11-20(19)28(27-23)15-16-8-4-3-5-9-16;2*1-2-31-25(30)21-17-12-13-18(14-17)22(21)26-24(29)23-19-10-6-7-11-20(19)27-28(23)15-16-8-4-3-5-9-16/h2*3-5,8-9,12-13,17-18,21-22H,2,6-7,10-11,14-15H2,1H3,(H,26,29);3-5,8-9,12-13,17-19,21-22H,2,6-7,10-11,14-15H2,1H3/p+1/t2*17?,18?,21-,22+;17?,18?,19?,21-,22+/m010/s1. The first-order chi connectivity index (χ1) is 45.5. The van der Waals surface area contributed by atoms with Gasteiger partial charge in [0.15, 0.2) is 12.2 Å². The van der Waals surface area contributed by atoms with Gasteiger partial charge in [-0.25, -0.2) is 0 Å². The average Bonchev–Trinajstić information content (AvgIpc) is 1.65. The van der Waals surface area contributed by atoms with E-state index in [-0.39, 0.29) is 113 Å². The number of aromatic nitrogens is 4. The fraction of sp³-hybridized carbons (Fsp3) is 0.493. The number of hydrazone groups is 1. The molecule has 15 rings (SSSR count). The molecule has 10 aliphatic rings. The molecule has 0 spiro atoms. The summed E-state index contributed by atoms with van der Waals surface area (Å²) >= 11 is 0. The Morgan fingerprint density at radius 2 is 0.935 bits per heavy atom. The Balaban J connectivity index is 0.000000127. The Hall–Kier alpha value is -8.54. The third-order valence-electron chi connectivity index (χ3n) is 21.1. The fourth-order valence-electron chi connectivity index (χ4n) is 16.8. The number of rotatable bonds is 18. The minimum atomic E-state index is -0.305. The van der Waals surface area contributed by atoms with Crippen molar-refractivity contribution >= 4 is 47.1 Å². The van der Waals surface area contributed by atoms with Crippen LogP contribution in [0.4, 0.5) is 0 Å². The van der Waals surface area contributed by atoms with Crippen LogP contribution in [0.15, 0.2) is 133 Å². The first kappa shape index (κ1) is 63.2. The molecule has 5 aromatic rings. The van der Waals surface area contributed by atoms with Crippen molar-refractivity contribution in [1.29, 1.82) is 0 Å². The summed E-state index contributed by atoms with van der Waals surface area (Å²) in [5.41, 5.74) is 10.8. The highest BCUT2D eigenvalue weighted by Gasteiger charge is 2.54. The number of allylic oxidation sites excluding steroid dienone is 3. The maximum absolute atomic E-state index is 13.6. The number of hydrogen-bond acceptors (Lipinski definition) is 12. The smallest absolute Gasteiger partial charge is 0.314 e. The molecule has 7 unspecified atom stereocenters. The lowest BCUT2D eigenvalue weighted by atomic mass is 9.83. The summed E-state index contributed by atoms with van der Waals surface area (Å²) in [6.07, 6.45) is 27.6. The van der Waals surface area contributed by atoms with Gasteiger partial charge in [0.1, 0.15) is 5.69 Å². The van der Waals surface area contributed by atoms with E-state index in [1.54, 1.807) is 0 Å². The zero-order chi connectivity index (χ0) is 64.1. The van der Waals surface area contributed by atoms with Crippen LogP contribution in [0.25, 0.3) is 0 Å². The molecule has 3 aromatic carbocycles. The monoisotopic (exact) mass is 1260 g/mol. The van der Waals surface area contributed by atoms with E-state index in [9.17, 15) is 28.8 Å². The van der Waals surface area contributed by atoms with Crippen molar-refractivity contribution in [2.45, 2.75) is 155 Å². The maximum atomic E-state index is 13.6. The molecule has 9 aliphatic carbocycles. The number of carbonyl (C=O) groups excluding carboxylic acids is 6. The van der Waals surface area contributed by atoms with Crippen LogP contribution in [-0.4, -0.2) is 109 Å². The van der Waals surface area contributed by atoms with Gasteiger partial charge < -0.3 is 30.2 Å². The lowest BCUT2D eigenvalue weighted by molar-refractivity contribution is -0.546. The van der Waals surface area contributed by atoms with Crippen LogP contribution in [0.2, 0.25) is 0 Å². The van der Waals surface area contributed by atoms with Crippen molar-refractivity contribution in [3.8, 4) is 0 Å². The SMILES string of the molecule is CCOC(=O)[C@@H]1C2C=CC(C2)[C@@H]1NC(=O)c1c2c(nn1Cc1ccccc1)CCCC2.CCOC(=O)[C@H]1C2C=CC(C2)[C@H]1NC(=O)C1=[N+](Cc2ccccc2)N=C2CCCCC21.CCOC(=O)[C@H]1C2C=CC(C2)[C@H]1NC(=O)c1nn(Cc2ccccc2)c2c1CCCC2. The van der Waals surface area contributed by atoms with E-state index in [2.05, 4.69) is 88.8 Å². The van der Waals surface area contributed by atoms with E-state index < -0.39 is 0 Å². The molecule has 1 aliphatic heterocycles. The number of nitrogens with one attached hydrogen (secondary N) is 3. The van der Waals surface area contributed by atoms with Crippen LogP contribution in [0.5, 0.6) is 0 Å². The van der Waals surface area contributed by atoms with Gasteiger partial charge in [0.25, 0.3) is 17.5 Å². The zero-order valence-electron chi connectivity index (χ0n) is 53.8. The molecule has 3 N–H and O–H groups in total. The van der Waals surface area contributed by atoms with Gasteiger partial charge in [-0.1, -0.05) is 139 Å². The lowest BCUT2D eigenvalue weighted by Crippen LogP contribution is -2.50. The minimum absolute atomic E-state index is 0.0816. The molecule has 18 heteroatoms. The number of amides is 3. The van der Waals surface area contributed by atoms with Gasteiger partial charge in [0, 0.05) is 40.5 Å². The Morgan fingerprint density at radius 3 is 1.47 bits per heavy atom. The van der Waals surface area contributed by atoms with Crippen LogP contribution >= 0.6 is 0 Å². The molecular formula is C75H88N9O9+. The van der Waals surface area contributed by atoms with Gasteiger partial charge in [-0.3, -0.25) is 38.1 Å². The van der Waals surface area contributed by atoms with Crippen molar-refractivity contribution in [1.82, 2.24) is 35.5 Å². The molecule has 0 radical (unpaired) electrons. The van der Waals surface area contributed by atoms with E-state index >= 15 is 0 Å². The van der Waals surface area contributed by atoms with Crippen molar-refractivity contribution in [2.24, 2.45) is 64.3 Å². The van der Waals surface area contributed by atoms with E-state index in [0.717, 1.165) is 136 Å². The fourth-order valence-corrected chi connectivity index (χ4v) is 16.8. The number of esters is 3. The van der Waals surface area contributed by atoms with E-state index in [0.29, 0.717) is 50.8 Å². The highest BCUT2D eigenvalue weighted by molar-refractivity contribution is 6.42. The van der Waals surface area contributed by atoms with Crippen LogP contribution in [0.1, 0.15) is 152 Å². The number of hydrogen-bond donors (Lipinski definition) is 3. The number of ether oxygens (including phenoxy) is 3. The lowest BCUT2D eigenvalue weighted by Gasteiger charge is -2.27. The summed E-state index contributed by atoms with van der Waals surface area (Å²) in [7, 11) is 0. The number of benzene rings is 3. The molecule has 3 amide bonds. The van der Waals surface area contributed by atoms with E-state index in [4.69, 9.17) is 29.5 Å². The molecule has 0 saturated heterocycles. The molecule has 13 atom stereocenters. The average molecular weight is 1260 g/mol. The topological polar surface area (TPSA) is 217 Å². The van der Waals surface area contributed by atoms with E-state index in [1.807, 2.05) is 89.4 Å². The zero-order valence-corrected chi connectivity index (χ0v) is 53.8. The first-order valence-electron chi connectivity index (χ1n) is 34.4. The Labute approximate surface area is 544 Å². The molecule has 93 heavy (non-hydrogen) atoms. The molecule has 4 fully saturated rings. The normalized spacial score (nSPS) is 27.6. The molecule has 486 valence electrons. The van der Waals surface area contributed by atoms with Crippen LogP contribution < -0.4 is 16.0 Å². The van der Waals surface area contributed by atoms with Gasteiger partial charge >= 0.3 is 23.8 Å². The third-order valence-corrected chi connectivity index (χ3v) is 21.1. The van der Waals surface area contributed by atoms with Gasteiger partial charge in [-0.05, 0) is 162 Å². The predicted octanol–water partition coefficient (Wildman–Crippen LogP) is 9.66. The summed E-state index contributed by atoms with van der Waals surface area (Å²) in [4.78, 5) is 78.4. The quantitative estimate of drug-likeness (QED) is 0.0325. The number of nitrogens with zero attached hydrogens (tertiary/aromatic N) is 6. The highest BCUT2D eigenvalue weighted by atomic mass is 16.5. The summed E-state index contributed by atoms with van der Waals surface area (Å²) in [5.74, 6) is -0.762. The Kier molecular flexibility index (Phi) is 19.3. The maximum Gasteiger partial charge on any atom is 0.314 e. The van der Waals surface area contributed by atoms with Gasteiger partial charge in [0.05, 0.1) is 68.0 Å². The second-order valence-corrected chi connectivity index (χ2v) is 26.7. The molecule has 2 aromatic heterocycles. The van der Waals surface area contributed by atoms with E-state index in [1.165, 1.54) is 11.3 Å². The van der Waals surface area contributed by atoms with Crippen LogP contribution in [0, 0.1) is 59.2 Å². The summed E-state index contributed by atoms with van der Waals surface area (Å²) in [5, 5.41) is 24.1. The summed E-state index contributed by atoms with van der Waals surface area (Å²) < 4.78 is 21.8. The third kappa shape index (κ3) is 13.2. The highest BCUT2D eigenvalue weighted by Crippen LogP contribution is 2.47. The predicted molar refractivity (Wildman–Crippen MR) is 351 cm³/mol. The largest absolute Gasteiger partial charge is 0.466 e. The molecule has 18 nitrogen and oxygen atoms in total. The summed E-state index contributed by atoms with van der Waals surface area (Å²) in [6.45, 7) is 8.35. The Bertz CT molecular complexity index is 3750. The van der Waals surface area contributed by atoms with Gasteiger partial charge in [-0.2, -0.15) is 10.2 Å². The van der Waals surface area contributed by atoms with Gasteiger partial charge in [-0.15, -0.1) is 0 Å². The van der Waals surface area contributed by atoms with Crippen LogP contribution in [0.3, 0.4) is 0 Å². The van der Waals surface area contributed by atoms with Crippen molar-refractivity contribution < 1.29 is 47.7 Å². The van der Waals surface area contributed by atoms with Crippen molar-refractivity contribution in [3.05, 3.63) is 178 Å². The molecular weight excluding hydrogens is 1170 g/mol. The first-order valence-corrected chi connectivity index (χ1v) is 34.4. The number of fused-ring (bicyclic) bond motifs is 9. The summed E-state index contributed by atoms with van der Waals surface area (Å²) in [6, 6.07) is 29.8. The molecule has 6 bridgehead atoms. The molecule has 3 heterocycles. The number of aryl methyl sites for hydroxylation is 1. The van der Waals surface area contributed by atoms with Crippen molar-refractivity contribution in [3.63, 3.8) is 0 Å². The second kappa shape index (κ2) is 28.4. The van der Waals surface area contributed by atoms with Crippen LogP contribution in [-0.2, 0) is 78.7 Å². The Morgan fingerprint density at radius 1 is 0.484 bits per heavy atom. The van der Waals surface area contributed by atoms with Crippen molar-refractivity contribution in [2.75, 3.05) is 19.8 Å². The molecule has 4 saturated carbocycles. The van der Waals surface area contributed by atoms with Gasteiger partial charge in [0.2, 0.25) is 0 Å². The number of carbonyl (C=O) groups is 6. The second-order valence-electron chi connectivity index (χ2n) is 26.7.